The van der Waals surface area contributed by atoms with Crippen molar-refractivity contribution in [1.82, 2.24) is 0 Å². The molecule has 4 unspecified atom stereocenters. The van der Waals surface area contributed by atoms with Crippen LogP contribution in [0.1, 0.15) is 38.7 Å². The zero-order valence-electron chi connectivity index (χ0n) is 11.9. The first-order chi connectivity index (χ1) is 9.08. The van der Waals surface area contributed by atoms with Crippen LogP contribution < -0.4 is 5.73 Å². The minimum Gasteiger partial charge on any atom is -0.392 e. The molecule has 3 nitrogen and oxygen atoms in total. The molecule has 4 atom stereocenters. The van der Waals surface area contributed by atoms with Gasteiger partial charge in [-0.3, -0.25) is 0 Å². The molecule has 19 heavy (non-hydrogen) atoms. The lowest BCUT2D eigenvalue weighted by Gasteiger charge is -2.38. The third kappa shape index (κ3) is 2.99. The van der Waals surface area contributed by atoms with Gasteiger partial charge in [-0.1, -0.05) is 30.3 Å². The summed E-state index contributed by atoms with van der Waals surface area (Å²) in [4.78, 5) is 0. The Morgan fingerprint density at radius 1 is 1.37 bits per heavy atom. The Balaban J connectivity index is 2.24. The van der Waals surface area contributed by atoms with E-state index in [1.807, 2.05) is 25.1 Å². The first kappa shape index (κ1) is 14.5. The molecule has 106 valence electrons. The van der Waals surface area contributed by atoms with Crippen molar-refractivity contribution in [3.05, 3.63) is 35.9 Å². The Bertz CT molecular complexity index is 393. The molecule has 0 spiro atoms. The molecule has 0 aliphatic carbocycles. The molecular weight excluding hydrogens is 238 g/mol. The van der Waals surface area contributed by atoms with Crippen molar-refractivity contribution < 1.29 is 9.84 Å². The molecule has 1 aliphatic heterocycles. The maximum Gasteiger partial charge on any atom is 0.0621 e. The van der Waals surface area contributed by atoms with E-state index in [1.165, 1.54) is 0 Å². The summed E-state index contributed by atoms with van der Waals surface area (Å²) in [6.07, 6.45) is 2.98. The van der Waals surface area contributed by atoms with Gasteiger partial charge in [0.2, 0.25) is 0 Å². The fourth-order valence-electron chi connectivity index (χ4n) is 3.11. The molecule has 2 rings (SSSR count). The standard InChI is InChI=1S/C16H25NO2/c1-12-8-9-15(19-12)10-16(11-17,13(2)18)14-6-4-3-5-7-14/h3-7,12-13,15,18H,8-11,17H2,1-2H3. The highest BCUT2D eigenvalue weighted by Gasteiger charge is 2.40. The minimum atomic E-state index is -0.487. The molecular formula is C16H25NO2. The Morgan fingerprint density at radius 3 is 2.53 bits per heavy atom. The number of benzene rings is 1. The van der Waals surface area contributed by atoms with Gasteiger partial charge in [-0.2, -0.15) is 0 Å². The molecule has 1 heterocycles. The second-order valence-electron chi connectivity index (χ2n) is 5.75. The Hall–Kier alpha value is -0.900. The van der Waals surface area contributed by atoms with E-state index in [2.05, 4.69) is 19.1 Å². The molecule has 0 radical (unpaired) electrons. The molecule has 1 fully saturated rings. The van der Waals surface area contributed by atoms with Crippen LogP contribution in [-0.4, -0.2) is 30.0 Å². The van der Waals surface area contributed by atoms with Gasteiger partial charge in [0.1, 0.15) is 0 Å². The SMILES string of the molecule is CC1CCC(CC(CN)(c2ccccc2)C(C)O)O1. The third-order valence-corrected chi connectivity index (χ3v) is 4.42. The average Bonchev–Trinajstić information content (AvgIpc) is 2.82. The van der Waals surface area contributed by atoms with Crippen LogP contribution in [0.2, 0.25) is 0 Å². The van der Waals surface area contributed by atoms with E-state index in [9.17, 15) is 5.11 Å². The largest absolute Gasteiger partial charge is 0.392 e. The quantitative estimate of drug-likeness (QED) is 0.856. The Labute approximate surface area is 115 Å². The number of ether oxygens (including phenoxy) is 1. The molecule has 3 N–H and O–H groups in total. The maximum atomic E-state index is 10.3. The number of nitrogens with two attached hydrogens (primary N) is 1. The van der Waals surface area contributed by atoms with Crippen LogP contribution in [0.3, 0.4) is 0 Å². The lowest BCUT2D eigenvalue weighted by atomic mass is 9.72. The van der Waals surface area contributed by atoms with Gasteiger partial charge in [-0.25, -0.2) is 0 Å². The first-order valence-electron chi connectivity index (χ1n) is 7.17. The lowest BCUT2D eigenvalue weighted by Crippen LogP contribution is -2.47. The van der Waals surface area contributed by atoms with Crippen molar-refractivity contribution >= 4 is 0 Å². The summed E-state index contributed by atoms with van der Waals surface area (Å²) in [6, 6.07) is 10.1. The van der Waals surface area contributed by atoms with Crippen molar-refractivity contribution in [3.63, 3.8) is 0 Å². The summed E-state index contributed by atoms with van der Waals surface area (Å²) in [7, 11) is 0. The van der Waals surface area contributed by atoms with E-state index in [4.69, 9.17) is 10.5 Å². The predicted molar refractivity (Wildman–Crippen MR) is 77.0 cm³/mol. The first-order valence-corrected chi connectivity index (χ1v) is 7.17. The highest BCUT2D eigenvalue weighted by atomic mass is 16.5. The minimum absolute atomic E-state index is 0.202. The number of aliphatic hydroxyl groups excluding tert-OH is 1. The Kier molecular flexibility index (Phi) is 4.61. The van der Waals surface area contributed by atoms with E-state index in [-0.39, 0.29) is 6.10 Å². The highest BCUT2D eigenvalue weighted by Crippen LogP contribution is 2.36. The maximum absolute atomic E-state index is 10.3. The normalized spacial score (nSPS) is 28.0. The van der Waals surface area contributed by atoms with Gasteiger partial charge >= 0.3 is 0 Å². The molecule has 1 aliphatic rings. The number of hydrogen-bond donors (Lipinski definition) is 2. The van der Waals surface area contributed by atoms with E-state index >= 15 is 0 Å². The number of hydrogen-bond acceptors (Lipinski definition) is 3. The smallest absolute Gasteiger partial charge is 0.0621 e. The van der Waals surface area contributed by atoms with Crippen LogP contribution in [0.4, 0.5) is 0 Å². The second-order valence-corrected chi connectivity index (χ2v) is 5.75. The van der Waals surface area contributed by atoms with Gasteiger partial charge < -0.3 is 15.6 Å². The summed E-state index contributed by atoms with van der Waals surface area (Å²) in [5.74, 6) is 0. The van der Waals surface area contributed by atoms with Crippen LogP contribution in [0, 0.1) is 0 Å². The van der Waals surface area contributed by atoms with Crippen molar-refractivity contribution in [1.29, 1.82) is 0 Å². The van der Waals surface area contributed by atoms with Gasteiger partial charge in [0.05, 0.1) is 18.3 Å². The van der Waals surface area contributed by atoms with E-state index in [0.717, 1.165) is 24.8 Å². The fourth-order valence-corrected chi connectivity index (χ4v) is 3.11. The highest BCUT2D eigenvalue weighted by molar-refractivity contribution is 5.28. The van der Waals surface area contributed by atoms with Crippen LogP contribution in [-0.2, 0) is 10.2 Å². The molecule has 0 bridgehead atoms. The molecule has 0 saturated carbocycles. The van der Waals surface area contributed by atoms with E-state index < -0.39 is 11.5 Å². The Morgan fingerprint density at radius 2 is 2.05 bits per heavy atom. The third-order valence-electron chi connectivity index (χ3n) is 4.42. The van der Waals surface area contributed by atoms with Crippen molar-refractivity contribution in [2.24, 2.45) is 5.73 Å². The van der Waals surface area contributed by atoms with Crippen LogP contribution >= 0.6 is 0 Å². The molecule has 1 aromatic rings. The number of aliphatic hydroxyl groups is 1. The topological polar surface area (TPSA) is 55.5 Å². The summed E-state index contributed by atoms with van der Waals surface area (Å²) in [5, 5.41) is 10.3. The van der Waals surface area contributed by atoms with Gasteiger partial charge in [0.15, 0.2) is 0 Å². The zero-order chi connectivity index (χ0) is 13.9. The van der Waals surface area contributed by atoms with Crippen molar-refractivity contribution in [3.8, 4) is 0 Å². The zero-order valence-corrected chi connectivity index (χ0v) is 11.9. The lowest BCUT2D eigenvalue weighted by molar-refractivity contribution is 0.00874. The molecule has 1 saturated heterocycles. The fraction of sp³-hybridized carbons (Fsp3) is 0.625. The monoisotopic (exact) mass is 263 g/mol. The molecule has 1 aromatic carbocycles. The number of rotatable bonds is 5. The van der Waals surface area contributed by atoms with Crippen LogP contribution in [0.25, 0.3) is 0 Å². The van der Waals surface area contributed by atoms with Crippen molar-refractivity contribution in [2.45, 2.75) is 56.8 Å². The summed E-state index contributed by atoms with van der Waals surface area (Å²) < 4.78 is 5.92. The second kappa shape index (κ2) is 6.04. The predicted octanol–water partition coefficient (Wildman–Crippen LogP) is 2.22. The summed E-state index contributed by atoms with van der Waals surface area (Å²) in [5.41, 5.74) is 6.74. The van der Waals surface area contributed by atoms with Crippen LogP contribution in [0.5, 0.6) is 0 Å². The molecule has 0 aromatic heterocycles. The van der Waals surface area contributed by atoms with E-state index in [0.29, 0.717) is 12.6 Å². The summed E-state index contributed by atoms with van der Waals surface area (Å²) in [6.45, 7) is 4.37. The summed E-state index contributed by atoms with van der Waals surface area (Å²) >= 11 is 0. The van der Waals surface area contributed by atoms with Gasteiger partial charge in [0.25, 0.3) is 0 Å². The van der Waals surface area contributed by atoms with Gasteiger partial charge in [0, 0.05) is 12.0 Å². The average molecular weight is 263 g/mol. The van der Waals surface area contributed by atoms with Crippen molar-refractivity contribution in [2.75, 3.05) is 6.54 Å². The van der Waals surface area contributed by atoms with Gasteiger partial charge in [-0.05, 0) is 38.7 Å². The van der Waals surface area contributed by atoms with Gasteiger partial charge in [-0.15, -0.1) is 0 Å². The molecule has 0 amide bonds. The molecule has 3 heteroatoms. The van der Waals surface area contributed by atoms with E-state index in [1.54, 1.807) is 0 Å². The van der Waals surface area contributed by atoms with Crippen LogP contribution in [0.15, 0.2) is 30.3 Å².